The lowest BCUT2D eigenvalue weighted by Crippen LogP contribution is -2.48. The van der Waals surface area contributed by atoms with Gasteiger partial charge < -0.3 is 19.0 Å². The fourth-order valence-corrected chi connectivity index (χ4v) is 3.69. The summed E-state index contributed by atoms with van der Waals surface area (Å²) < 4.78 is 11.3. The van der Waals surface area contributed by atoms with Crippen LogP contribution in [0.4, 0.5) is 6.01 Å². The van der Waals surface area contributed by atoms with Crippen LogP contribution in [0.1, 0.15) is 16.1 Å². The molecule has 0 saturated carbocycles. The lowest BCUT2D eigenvalue weighted by molar-refractivity contribution is 0.0744. The number of methoxy groups -OCH3 is 1. The van der Waals surface area contributed by atoms with E-state index in [-0.39, 0.29) is 5.91 Å². The quantitative estimate of drug-likeness (QED) is 0.536. The minimum Gasteiger partial charge on any atom is -0.496 e. The largest absolute Gasteiger partial charge is 0.496 e. The van der Waals surface area contributed by atoms with Gasteiger partial charge in [-0.3, -0.25) is 9.89 Å². The Bertz CT molecular complexity index is 1230. The van der Waals surface area contributed by atoms with Gasteiger partial charge in [0, 0.05) is 43.0 Å². The number of anilines is 1. The van der Waals surface area contributed by atoms with Crippen molar-refractivity contribution < 1.29 is 13.9 Å². The number of oxazole rings is 1. The molecular weight excluding hydrogens is 398 g/mol. The number of rotatable bonds is 4. The fourth-order valence-electron chi connectivity index (χ4n) is 3.69. The molecule has 31 heavy (non-hydrogen) atoms. The van der Waals surface area contributed by atoms with Crippen LogP contribution in [0.3, 0.4) is 0 Å². The number of nitrogens with zero attached hydrogens (tertiary/aromatic N) is 6. The van der Waals surface area contributed by atoms with Crippen molar-refractivity contribution in [1.82, 2.24) is 30.3 Å². The van der Waals surface area contributed by atoms with E-state index in [1.807, 2.05) is 34.9 Å². The highest BCUT2D eigenvalue weighted by atomic mass is 16.5. The molecule has 4 aromatic rings. The maximum Gasteiger partial charge on any atom is 0.300 e. The lowest BCUT2D eigenvalue weighted by Gasteiger charge is -2.33. The molecule has 1 saturated heterocycles. The van der Waals surface area contributed by atoms with Crippen molar-refractivity contribution >= 4 is 23.2 Å². The van der Waals surface area contributed by atoms with Gasteiger partial charge in [0.15, 0.2) is 5.58 Å². The highest BCUT2D eigenvalue weighted by Gasteiger charge is 2.26. The second-order valence-corrected chi connectivity index (χ2v) is 7.32. The Morgan fingerprint density at radius 3 is 2.71 bits per heavy atom. The summed E-state index contributed by atoms with van der Waals surface area (Å²) in [4.78, 5) is 25.8. The van der Waals surface area contributed by atoms with E-state index in [2.05, 4.69) is 25.4 Å². The van der Waals surface area contributed by atoms with Gasteiger partial charge in [-0.2, -0.15) is 4.98 Å². The predicted molar refractivity (Wildman–Crippen MR) is 113 cm³/mol. The lowest BCUT2D eigenvalue weighted by atomic mass is 10.1. The highest BCUT2D eigenvalue weighted by Crippen LogP contribution is 2.29. The summed E-state index contributed by atoms with van der Waals surface area (Å²) in [6.45, 7) is 4.32. The number of hydrogen-bond donors (Lipinski definition) is 1. The van der Waals surface area contributed by atoms with E-state index in [9.17, 15) is 4.79 Å². The van der Waals surface area contributed by atoms with E-state index in [1.165, 1.54) is 0 Å². The number of aromatic nitrogens is 5. The topological polar surface area (TPSA) is 113 Å². The number of pyridine rings is 1. The number of carbonyl (C=O) groups excluding carboxylic acids is 1. The van der Waals surface area contributed by atoms with Crippen LogP contribution in [0.2, 0.25) is 0 Å². The van der Waals surface area contributed by atoms with Gasteiger partial charge in [-0.15, -0.1) is 5.10 Å². The fraction of sp³-hybridized carbons (Fsp3) is 0.286. The smallest absolute Gasteiger partial charge is 0.300 e. The molecule has 1 fully saturated rings. The van der Waals surface area contributed by atoms with Crippen molar-refractivity contribution in [3.63, 3.8) is 0 Å². The first-order chi connectivity index (χ1) is 15.1. The van der Waals surface area contributed by atoms with Crippen molar-refractivity contribution in [2.24, 2.45) is 0 Å². The number of piperazine rings is 1. The number of carbonyl (C=O) groups is 1. The minimum absolute atomic E-state index is 0.0421. The maximum atomic E-state index is 13.1. The van der Waals surface area contributed by atoms with Gasteiger partial charge in [0.05, 0.1) is 13.3 Å². The highest BCUT2D eigenvalue weighted by molar-refractivity contribution is 5.95. The summed E-state index contributed by atoms with van der Waals surface area (Å²) in [6.07, 6.45) is 1.68. The molecule has 4 heterocycles. The molecule has 1 N–H and O–H groups in total. The molecule has 158 valence electrons. The molecule has 0 atom stereocenters. The van der Waals surface area contributed by atoms with Gasteiger partial charge >= 0.3 is 0 Å². The second kappa shape index (κ2) is 7.71. The zero-order valence-electron chi connectivity index (χ0n) is 17.2. The number of H-pyrrole nitrogens is 1. The number of aryl methyl sites for hydroxylation is 1. The molecule has 3 aromatic heterocycles. The first kappa shape index (κ1) is 19.0. The molecule has 0 aliphatic carbocycles. The van der Waals surface area contributed by atoms with Crippen LogP contribution < -0.4 is 9.64 Å². The molecular formula is C21H21N7O3. The van der Waals surface area contributed by atoms with Gasteiger partial charge in [-0.25, -0.2) is 4.98 Å². The van der Waals surface area contributed by atoms with Gasteiger partial charge in [0.25, 0.3) is 11.9 Å². The minimum atomic E-state index is -0.0421. The summed E-state index contributed by atoms with van der Waals surface area (Å²) >= 11 is 0. The van der Waals surface area contributed by atoms with Crippen LogP contribution in [0, 0.1) is 6.92 Å². The monoisotopic (exact) mass is 419 g/mol. The van der Waals surface area contributed by atoms with Crippen molar-refractivity contribution in [1.29, 1.82) is 0 Å². The van der Waals surface area contributed by atoms with Crippen LogP contribution in [-0.2, 0) is 0 Å². The molecule has 0 bridgehead atoms. The summed E-state index contributed by atoms with van der Waals surface area (Å²) in [7, 11) is 1.57. The zero-order valence-corrected chi connectivity index (χ0v) is 17.2. The van der Waals surface area contributed by atoms with Crippen LogP contribution in [0.15, 0.2) is 40.9 Å². The number of ether oxygens (including phenoxy) is 1. The van der Waals surface area contributed by atoms with Gasteiger partial charge in [0.1, 0.15) is 11.4 Å². The van der Waals surface area contributed by atoms with Crippen molar-refractivity contribution in [3.8, 4) is 17.0 Å². The van der Waals surface area contributed by atoms with Gasteiger partial charge in [-0.05, 0) is 37.3 Å². The Balaban J connectivity index is 1.29. The van der Waals surface area contributed by atoms with Crippen molar-refractivity contribution in [2.45, 2.75) is 6.92 Å². The number of nitrogens with one attached hydrogen (secondary N) is 1. The summed E-state index contributed by atoms with van der Waals surface area (Å²) in [5.41, 5.74) is 4.17. The summed E-state index contributed by atoms with van der Waals surface area (Å²) in [5, 5.41) is 10.4. The first-order valence-electron chi connectivity index (χ1n) is 9.95. The van der Waals surface area contributed by atoms with E-state index < -0.39 is 0 Å². The molecule has 0 spiro atoms. The molecule has 0 unspecified atom stereocenters. The van der Waals surface area contributed by atoms with Crippen molar-refractivity contribution in [3.05, 3.63) is 47.8 Å². The van der Waals surface area contributed by atoms with Crippen LogP contribution in [0.5, 0.6) is 5.75 Å². The molecule has 1 aliphatic rings. The van der Waals surface area contributed by atoms with E-state index >= 15 is 0 Å². The van der Waals surface area contributed by atoms with Gasteiger partial charge in [0.2, 0.25) is 5.65 Å². The predicted octanol–water partition coefficient (Wildman–Crippen LogP) is 2.29. The number of amides is 1. The van der Waals surface area contributed by atoms with Gasteiger partial charge in [-0.1, -0.05) is 5.21 Å². The Morgan fingerprint density at radius 1 is 1.13 bits per heavy atom. The van der Waals surface area contributed by atoms with Crippen LogP contribution in [0.25, 0.3) is 22.5 Å². The molecule has 10 heteroatoms. The molecule has 5 rings (SSSR count). The number of hydrogen-bond acceptors (Lipinski definition) is 8. The number of benzene rings is 1. The molecule has 1 aliphatic heterocycles. The molecule has 1 aromatic carbocycles. The molecule has 10 nitrogen and oxygen atoms in total. The van der Waals surface area contributed by atoms with Crippen molar-refractivity contribution in [2.75, 3.05) is 38.2 Å². The summed E-state index contributed by atoms with van der Waals surface area (Å²) in [5.74, 6) is 0.534. The van der Waals surface area contributed by atoms with E-state index in [1.54, 1.807) is 25.4 Å². The Labute approximate surface area is 177 Å². The van der Waals surface area contributed by atoms with E-state index in [4.69, 9.17) is 9.15 Å². The summed E-state index contributed by atoms with van der Waals surface area (Å²) in [6, 6.07) is 9.68. The van der Waals surface area contributed by atoms with E-state index in [0.717, 1.165) is 11.3 Å². The average Bonchev–Trinajstić information content (AvgIpc) is 3.48. The molecule has 1 amide bonds. The maximum absolute atomic E-state index is 13.1. The standard InChI is InChI=1S/C21H21N7O3/c1-13-3-6-17-19(23-13)24-21(31-17)28-9-7-27(8-10-28)20(29)14-4-5-15(18(11-14)30-2)16-12-22-26-25-16/h3-6,11-12H,7-10H2,1-2H3,(H,22,25,26). The average molecular weight is 419 g/mol. The normalized spacial score (nSPS) is 14.3. The van der Waals surface area contributed by atoms with E-state index in [0.29, 0.717) is 60.4 Å². The van der Waals surface area contributed by atoms with Crippen LogP contribution >= 0.6 is 0 Å². The third-order valence-electron chi connectivity index (χ3n) is 5.36. The number of fused-ring (bicyclic) bond motifs is 1. The third kappa shape index (κ3) is 3.56. The van der Waals surface area contributed by atoms with Crippen LogP contribution in [-0.4, -0.2) is 69.5 Å². The first-order valence-corrected chi connectivity index (χ1v) is 9.95. The number of aromatic amines is 1. The molecule has 0 radical (unpaired) electrons. The second-order valence-electron chi connectivity index (χ2n) is 7.32. The zero-order chi connectivity index (χ0) is 21.4. The Morgan fingerprint density at radius 2 is 1.97 bits per heavy atom. The SMILES string of the molecule is COc1cc(C(=O)N2CCN(c3nc4nc(C)ccc4o3)CC2)ccc1-c1c[nH]nn1. The Kier molecular flexibility index (Phi) is 4.73. The third-order valence-corrected chi connectivity index (χ3v) is 5.36. The Hall–Kier alpha value is -3.95.